The van der Waals surface area contributed by atoms with Crippen LogP contribution in [-0.4, -0.2) is 74.6 Å². The summed E-state index contributed by atoms with van der Waals surface area (Å²) >= 11 is 0. The third kappa shape index (κ3) is 6.63. The molecule has 46 heavy (non-hydrogen) atoms. The average molecular weight is 645 g/mol. The van der Waals surface area contributed by atoms with E-state index in [0.29, 0.717) is 31.9 Å². The highest BCUT2D eigenvalue weighted by atomic mass is 19.3. The third-order valence-corrected chi connectivity index (χ3v) is 7.63. The number of halogens is 4. The number of aromatic nitrogens is 2. The maximum absolute atomic E-state index is 14.4. The lowest BCUT2D eigenvalue weighted by atomic mass is 10.1. The van der Waals surface area contributed by atoms with Crippen molar-refractivity contribution in [2.75, 3.05) is 62.7 Å². The summed E-state index contributed by atoms with van der Waals surface area (Å²) in [5, 5.41) is 4.36. The van der Waals surface area contributed by atoms with E-state index in [1.54, 1.807) is 30.1 Å². The van der Waals surface area contributed by atoms with Gasteiger partial charge in [0.25, 0.3) is 5.56 Å². The molecule has 2 heterocycles. The first kappa shape index (κ1) is 32.3. The van der Waals surface area contributed by atoms with Gasteiger partial charge < -0.3 is 29.4 Å². The van der Waals surface area contributed by atoms with Gasteiger partial charge in [0.2, 0.25) is 0 Å². The number of nitrogens with zero attached hydrogens (tertiary/aromatic N) is 5. The van der Waals surface area contributed by atoms with Crippen LogP contribution >= 0.6 is 0 Å². The van der Waals surface area contributed by atoms with Crippen molar-refractivity contribution in [1.82, 2.24) is 14.6 Å². The van der Waals surface area contributed by atoms with Gasteiger partial charge in [0, 0.05) is 44.0 Å². The van der Waals surface area contributed by atoms with Gasteiger partial charge >= 0.3 is 12.6 Å². The molecule has 1 saturated heterocycles. The fourth-order valence-corrected chi connectivity index (χ4v) is 5.23. The lowest BCUT2D eigenvalue weighted by Gasteiger charge is -2.38. The predicted molar refractivity (Wildman–Crippen MR) is 164 cm³/mol. The molecule has 0 aliphatic carbocycles. The molecule has 1 N–H and O–H groups in total. The molecule has 11 nitrogen and oxygen atoms in total. The molecule has 1 fully saturated rings. The van der Waals surface area contributed by atoms with Gasteiger partial charge in [0.15, 0.2) is 17.5 Å². The number of fused-ring (bicyclic) bond motifs is 1. The number of rotatable bonds is 9. The number of alkyl halides is 2. The third-order valence-electron chi connectivity index (χ3n) is 7.63. The molecule has 15 heteroatoms. The molecule has 2 amide bonds. The van der Waals surface area contributed by atoms with Crippen LogP contribution in [0.1, 0.15) is 18.8 Å². The van der Waals surface area contributed by atoms with Gasteiger partial charge in [-0.3, -0.25) is 9.69 Å². The quantitative estimate of drug-likeness (QED) is 0.255. The summed E-state index contributed by atoms with van der Waals surface area (Å²) in [6, 6.07) is 10.0. The molecule has 1 aliphatic rings. The van der Waals surface area contributed by atoms with Crippen LogP contribution in [0.25, 0.3) is 10.9 Å². The van der Waals surface area contributed by atoms with E-state index in [2.05, 4.69) is 19.9 Å². The normalized spacial score (nSPS) is 14.3. The number of urea groups is 1. The minimum atomic E-state index is -3.02. The largest absolute Gasteiger partial charge is 0.497 e. The van der Waals surface area contributed by atoms with Crippen LogP contribution in [0.15, 0.2) is 59.4 Å². The molecule has 1 unspecified atom stereocenters. The Morgan fingerprint density at radius 2 is 1.59 bits per heavy atom. The molecule has 0 spiro atoms. The maximum atomic E-state index is 14.4. The van der Waals surface area contributed by atoms with Crippen LogP contribution in [0.2, 0.25) is 0 Å². The number of hydrogen-bond donors (Lipinski definition) is 1. The number of amides is 2. The summed E-state index contributed by atoms with van der Waals surface area (Å²) in [7, 11) is 4.82. The molecule has 0 bridgehead atoms. The van der Waals surface area contributed by atoms with Crippen LogP contribution in [0.3, 0.4) is 0 Å². The summed E-state index contributed by atoms with van der Waals surface area (Å²) < 4.78 is 70.6. The molecule has 0 saturated carbocycles. The van der Waals surface area contributed by atoms with Gasteiger partial charge in [0.05, 0.1) is 36.9 Å². The Kier molecular flexibility index (Phi) is 9.51. The van der Waals surface area contributed by atoms with E-state index >= 15 is 0 Å². The first-order valence-electron chi connectivity index (χ1n) is 14.2. The van der Waals surface area contributed by atoms with Crippen molar-refractivity contribution in [1.29, 1.82) is 0 Å². The second kappa shape index (κ2) is 13.5. The Hall–Kier alpha value is -5.05. The average Bonchev–Trinajstić information content (AvgIpc) is 3.03. The van der Waals surface area contributed by atoms with Gasteiger partial charge in [-0.15, -0.1) is 0 Å². The lowest BCUT2D eigenvalue weighted by molar-refractivity contribution is -0.0498. The number of ether oxygens (including phenoxy) is 3. The van der Waals surface area contributed by atoms with Crippen molar-refractivity contribution in [3.8, 4) is 17.2 Å². The van der Waals surface area contributed by atoms with Crippen molar-refractivity contribution in [3.63, 3.8) is 0 Å². The van der Waals surface area contributed by atoms with Gasteiger partial charge in [-0.2, -0.15) is 8.78 Å². The Morgan fingerprint density at radius 1 is 0.935 bits per heavy atom. The highest BCUT2D eigenvalue weighted by molar-refractivity contribution is 6.03. The molecule has 3 aromatic carbocycles. The minimum absolute atomic E-state index is 0.0711. The maximum Gasteiger partial charge on any atom is 0.387 e. The Bertz CT molecular complexity index is 1780. The second-order valence-electron chi connectivity index (χ2n) is 10.5. The smallest absolute Gasteiger partial charge is 0.387 e. The molecule has 1 aliphatic heterocycles. The fourth-order valence-electron chi connectivity index (χ4n) is 5.23. The minimum Gasteiger partial charge on any atom is -0.497 e. The van der Waals surface area contributed by atoms with Crippen molar-refractivity contribution in [2.45, 2.75) is 19.6 Å². The molecular weight excluding hydrogens is 612 g/mol. The molecule has 0 radical (unpaired) electrons. The van der Waals surface area contributed by atoms with E-state index in [4.69, 9.17) is 9.47 Å². The summed E-state index contributed by atoms with van der Waals surface area (Å²) in [5.74, 6) is -1.72. The first-order valence-corrected chi connectivity index (χ1v) is 14.2. The zero-order valence-corrected chi connectivity index (χ0v) is 25.5. The van der Waals surface area contributed by atoms with Crippen molar-refractivity contribution < 1.29 is 36.6 Å². The number of hydrogen-bond acceptors (Lipinski definition) is 8. The van der Waals surface area contributed by atoms with Crippen LogP contribution in [0, 0.1) is 11.6 Å². The SMILES string of the molecule is COc1ccc(N(C(=O)Nc2ccc(OC(F)F)cc2)C(C)c2nc3cc(F)c(F)cc3c(=O)n2N2CCN(C)CC2)c(OC)c1. The topological polar surface area (TPSA) is 101 Å². The Morgan fingerprint density at radius 3 is 2.22 bits per heavy atom. The van der Waals surface area contributed by atoms with Crippen molar-refractivity contribution in [3.05, 3.63) is 82.4 Å². The standard InChI is InChI=1S/C31H32F4N6O5/c1-18(28-37-25-17-24(33)23(32)16-22(25)29(42)41(28)39-13-11-38(2)12-14-39)40(26-10-9-21(44-3)15-27(26)45-4)31(43)36-19-5-7-20(8-6-19)46-30(34)35/h5-10,15-18,30H,11-14H2,1-4H3,(H,36,43). The summed E-state index contributed by atoms with van der Waals surface area (Å²) in [5.41, 5.74) is -0.216. The fraction of sp³-hybridized carbons (Fsp3) is 0.323. The van der Waals surface area contributed by atoms with E-state index in [1.165, 1.54) is 48.1 Å². The number of carbonyl (C=O) groups excluding carboxylic acids is 1. The Balaban J connectivity index is 1.66. The van der Waals surface area contributed by atoms with E-state index < -0.39 is 35.9 Å². The molecule has 244 valence electrons. The van der Waals surface area contributed by atoms with Crippen LogP contribution in [0.4, 0.5) is 33.7 Å². The predicted octanol–water partition coefficient (Wildman–Crippen LogP) is 4.98. The summed E-state index contributed by atoms with van der Waals surface area (Å²) in [6.45, 7) is 0.658. The van der Waals surface area contributed by atoms with E-state index in [1.807, 2.05) is 7.05 Å². The van der Waals surface area contributed by atoms with Gasteiger partial charge in [-0.25, -0.2) is 23.2 Å². The molecule has 4 aromatic rings. The van der Waals surface area contributed by atoms with Crippen molar-refractivity contribution in [2.24, 2.45) is 0 Å². The molecular formula is C31H32F4N6O5. The van der Waals surface area contributed by atoms with Crippen LogP contribution < -0.4 is 35.0 Å². The summed E-state index contributed by atoms with van der Waals surface area (Å²) in [6.07, 6.45) is 0. The summed E-state index contributed by atoms with van der Waals surface area (Å²) in [4.78, 5) is 36.1. The van der Waals surface area contributed by atoms with E-state index in [-0.39, 0.29) is 39.6 Å². The number of likely N-dealkylation sites (N-methyl/N-ethyl adjacent to an activating group) is 1. The number of nitrogens with one attached hydrogen (secondary N) is 1. The highest BCUT2D eigenvalue weighted by Crippen LogP contribution is 2.37. The van der Waals surface area contributed by atoms with Gasteiger partial charge in [0.1, 0.15) is 17.2 Å². The van der Waals surface area contributed by atoms with E-state index in [9.17, 15) is 27.2 Å². The van der Waals surface area contributed by atoms with Crippen LogP contribution in [-0.2, 0) is 0 Å². The number of anilines is 2. The van der Waals surface area contributed by atoms with Gasteiger partial charge in [-0.1, -0.05) is 0 Å². The zero-order chi connectivity index (χ0) is 33.1. The van der Waals surface area contributed by atoms with Gasteiger partial charge in [-0.05, 0) is 56.4 Å². The number of benzene rings is 3. The lowest BCUT2D eigenvalue weighted by Crippen LogP contribution is -2.55. The Labute approximate surface area is 261 Å². The molecule has 1 aromatic heterocycles. The van der Waals surface area contributed by atoms with E-state index in [0.717, 1.165) is 12.1 Å². The molecule has 1 atom stereocenters. The first-order chi connectivity index (χ1) is 22.0. The number of carbonyl (C=O) groups is 1. The highest BCUT2D eigenvalue weighted by Gasteiger charge is 2.32. The number of piperazine rings is 1. The second-order valence-corrected chi connectivity index (χ2v) is 10.5. The zero-order valence-electron chi connectivity index (χ0n) is 25.5. The molecule has 5 rings (SSSR count). The monoisotopic (exact) mass is 644 g/mol. The van der Waals surface area contributed by atoms with Crippen molar-refractivity contribution >= 4 is 28.3 Å². The number of methoxy groups -OCH3 is 2. The van der Waals surface area contributed by atoms with Crippen LogP contribution in [0.5, 0.6) is 17.2 Å².